The van der Waals surface area contributed by atoms with E-state index in [0.29, 0.717) is 11.8 Å². The zero-order valence-corrected chi connectivity index (χ0v) is 14.3. The fourth-order valence-corrected chi connectivity index (χ4v) is 3.40. The summed E-state index contributed by atoms with van der Waals surface area (Å²) in [6.45, 7) is 1.98. The van der Waals surface area contributed by atoms with E-state index in [1.807, 2.05) is 13.0 Å². The SMILES string of the molecule is Cc1cnc(-c2cc(OC3CC(N(C)C)C3)cc(C(=O)O)c2)s1. The van der Waals surface area contributed by atoms with Crippen LogP contribution >= 0.6 is 11.3 Å². The summed E-state index contributed by atoms with van der Waals surface area (Å²) in [5.74, 6) is -0.347. The van der Waals surface area contributed by atoms with Gasteiger partial charge in [-0.15, -0.1) is 11.3 Å². The van der Waals surface area contributed by atoms with Gasteiger partial charge < -0.3 is 14.7 Å². The van der Waals surface area contributed by atoms with Gasteiger partial charge in [0.25, 0.3) is 0 Å². The summed E-state index contributed by atoms with van der Waals surface area (Å²) < 4.78 is 5.98. The molecule has 1 aromatic heterocycles. The summed E-state index contributed by atoms with van der Waals surface area (Å²) in [6.07, 6.45) is 3.88. The van der Waals surface area contributed by atoms with E-state index in [4.69, 9.17) is 4.74 Å². The molecule has 0 unspecified atom stereocenters. The zero-order valence-electron chi connectivity index (χ0n) is 13.4. The number of hydrogen-bond acceptors (Lipinski definition) is 5. The third-order valence-electron chi connectivity index (χ3n) is 4.12. The molecule has 23 heavy (non-hydrogen) atoms. The van der Waals surface area contributed by atoms with Gasteiger partial charge in [0.15, 0.2) is 0 Å². The number of nitrogens with zero attached hydrogens (tertiary/aromatic N) is 2. The standard InChI is InChI=1S/C17H20N2O3S/c1-10-9-18-16(23-10)11-4-12(17(20)21)6-14(5-11)22-15-7-13(8-15)19(2)3/h4-6,9,13,15H,7-8H2,1-3H3,(H,20,21). The number of thiazole rings is 1. The van der Waals surface area contributed by atoms with Crippen LogP contribution in [0.4, 0.5) is 0 Å². The average molecular weight is 332 g/mol. The van der Waals surface area contributed by atoms with Crippen molar-refractivity contribution in [2.45, 2.75) is 31.9 Å². The first-order valence-electron chi connectivity index (χ1n) is 7.56. The number of aromatic nitrogens is 1. The second kappa shape index (κ2) is 6.29. The van der Waals surface area contributed by atoms with Gasteiger partial charge in [0.2, 0.25) is 0 Å². The second-order valence-electron chi connectivity index (χ2n) is 6.16. The zero-order chi connectivity index (χ0) is 16.6. The molecule has 5 nitrogen and oxygen atoms in total. The average Bonchev–Trinajstić information content (AvgIpc) is 2.88. The highest BCUT2D eigenvalue weighted by molar-refractivity contribution is 7.14. The van der Waals surface area contributed by atoms with Crippen LogP contribution in [0.3, 0.4) is 0 Å². The lowest BCUT2D eigenvalue weighted by Gasteiger charge is -2.39. The third kappa shape index (κ3) is 3.54. The van der Waals surface area contributed by atoms with Gasteiger partial charge in [0.05, 0.1) is 5.56 Å². The predicted molar refractivity (Wildman–Crippen MR) is 90.4 cm³/mol. The number of benzene rings is 1. The van der Waals surface area contributed by atoms with Crippen LogP contribution in [0.15, 0.2) is 24.4 Å². The monoisotopic (exact) mass is 332 g/mol. The summed E-state index contributed by atoms with van der Waals surface area (Å²) in [7, 11) is 4.13. The molecule has 0 atom stereocenters. The molecular weight excluding hydrogens is 312 g/mol. The van der Waals surface area contributed by atoms with E-state index in [0.717, 1.165) is 28.3 Å². The molecule has 1 aliphatic carbocycles. The number of carbonyl (C=O) groups is 1. The number of rotatable bonds is 5. The van der Waals surface area contributed by atoms with Gasteiger partial charge >= 0.3 is 5.97 Å². The lowest BCUT2D eigenvalue weighted by Crippen LogP contribution is -2.46. The minimum atomic E-state index is -0.954. The maximum atomic E-state index is 11.4. The maximum Gasteiger partial charge on any atom is 0.335 e. The van der Waals surface area contributed by atoms with Crippen molar-refractivity contribution in [2.24, 2.45) is 0 Å². The van der Waals surface area contributed by atoms with Gasteiger partial charge in [-0.25, -0.2) is 9.78 Å². The molecule has 0 aliphatic heterocycles. The summed E-state index contributed by atoms with van der Waals surface area (Å²) >= 11 is 1.55. The topological polar surface area (TPSA) is 62.7 Å². The minimum Gasteiger partial charge on any atom is -0.490 e. The first-order chi connectivity index (χ1) is 10.9. The third-order valence-corrected chi connectivity index (χ3v) is 5.09. The molecule has 1 aromatic carbocycles. The molecule has 0 spiro atoms. The number of aryl methyl sites for hydroxylation is 1. The number of aromatic carboxylic acids is 1. The Balaban J connectivity index is 1.82. The summed E-state index contributed by atoms with van der Waals surface area (Å²) in [5, 5.41) is 10.1. The van der Waals surface area contributed by atoms with Crippen molar-refractivity contribution in [3.8, 4) is 16.3 Å². The molecule has 122 valence electrons. The van der Waals surface area contributed by atoms with E-state index in [2.05, 4.69) is 24.0 Å². The summed E-state index contributed by atoms with van der Waals surface area (Å²) in [6, 6.07) is 5.67. The van der Waals surface area contributed by atoms with E-state index >= 15 is 0 Å². The first kappa shape index (κ1) is 16.0. The first-order valence-corrected chi connectivity index (χ1v) is 8.38. The van der Waals surface area contributed by atoms with Gasteiger partial charge in [-0.2, -0.15) is 0 Å². The predicted octanol–water partition coefficient (Wildman–Crippen LogP) is 3.29. The van der Waals surface area contributed by atoms with Gasteiger partial charge in [-0.3, -0.25) is 0 Å². The van der Waals surface area contributed by atoms with E-state index in [1.165, 1.54) is 0 Å². The Bertz CT molecular complexity index is 720. The van der Waals surface area contributed by atoms with Crippen molar-refractivity contribution < 1.29 is 14.6 Å². The Morgan fingerprint density at radius 3 is 2.65 bits per heavy atom. The van der Waals surface area contributed by atoms with Crippen molar-refractivity contribution >= 4 is 17.3 Å². The van der Waals surface area contributed by atoms with Crippen molar-refractivity contribution in [3.05, 3.63) is 34.8 Å². The molecule has 1 N–H and O–H groups in total. The van der Waals surface area contributed by atoms with Gasteiger partial charge in [0.1, 0.15) is 16.9 Å². The van der Waals surface area contributed by atoms with E-state index in [-0.39, 0.29) is 11.7 Å². The highest BCUT2D eigenvalue weighted by atomic mass is 32.1. The van der Waals surface area contributed by atoms with Crippen LogP contribution in [-0.4, -0.2) is 47.2 Å². The van der Waals surface area contributed by atoms with Crippen LogP contribution in [0.25, 0.3) is 10.6 Å². The van der Waals surface area contributed by atoms with Crippen LogP contribution in [0.1, 0.15) is 28.1 Å². The molecule has 1 fully saturated rings. The van der Waals surface area contributed by atoms with E-state index < -0.39 is 5.97 Å². The Kier molecular flexibility index (Phi) is 4.37. The number of ether oxygens (including phenoxy) is 1. The van der Waals surface area contributed by atoms with E-state index in [9.17, 15) is 9.90 Å². The number of carboxylic acids is 1. The molecule has 3 rings (SSSR count). The van der Waals surface area contributed by atoms with Crippen LogP contribution in [0.2, 0.25) is 0 Å². The highest BCUT2D eigenvalue weighted by Gasteiger charge is 2.32. The lowest BCUT2D eigenvalue weighted by atomic mass is 9.88. The maximum absolute atomic E-state index is 11.4. The van der Waals surface area contributed by atoms with Crippen LogP contribution < -0.4 is 4.74 Å². The van der Waals surface area contributed by atoms with Crippen LogP contribution in [-0.2, 0) is 0 Å². The number of carboxylic acid groups (broad SMARTS) is 1. The van der Waals surface area contributed by atoms with Crippen molar-refractivity contribution in [2.75, 3.05) is 14.1 Å². The molecule has 0 amide bonds. The van der Waals surface area contributed by atoms with Crippen molar-refractivity contribution in [1.29, 1.82) is 0 Å². The molecule has 6 heteroatoms. The van der Waals surface area contributed by atoms with Crippen LogP contribution in [0.5, 0.6) is 5.75 Å². The minimum absolute atomic E-state index is 0.150. The molecule has 0 saturated heterocycles. The Labute approximate surface area is 139 Å². The Hall–Kier alpha value is -1.92. The second-order valence-corrected chi connectivity index (χ2v) is 7.39. The van der Waals surface area contributed by atoms with E-state index in [1.54, 1.807) is 29.7 Å². The molecule has 1 saturated carbocycles. The van der Waals surface area contributed by atoms with Gasteiger partial charge in [-0.05, 0) is 52.1 Å². The van der Waals surface area contributed by atoms with Gasteiger partial charge in [-0.1, -0.05) is 0 Å². The smallest absolute Gasteiger partial charge is 0.335 e. The normalized spacial score (nSPS) is 20.3. The lowest BCUT2D eigenvalue weighted by molar-refractivity contribution is 0.0399. The molecule has 2 aromatic rings. The Morgan fingerprint density at radius 1 is 1.35 bits per heavy atom. The fourth-order valence-electron chi connectivity index (χ4n) is 2.65. The van der Waals surface area contributed by atoms with Crippen LogP contribution in [0, 0.1) is 6.92 Å². The Morgan fingerprint density at radius 2 is 2.09 bits per heavy atom. The quantitative estimate of drug-likeness (QED) is 0.910. The summed E-state index contributed by atoms with van der Waals surface area (Å²) in [5.41, 5.74) is 1.02. The molecule has 0 radical (unpaired) electrons. The number of hydrogen-bond donors (Lipinski definition) is 1. The molecule has 0 bridgehead atoms. The fraction of sp³-hybridized carbons (Fsp3) is 0.412. The molecular formula is C17H20N2O3S. The van der Waals surface area contributed by atoms with Crippen molar-refractivity contribution in [1.82, 2.24) is 9.88 Å². The molecule has 1 aliphatic rings. The largest absolute Gasteiger partial charge is 0.490 e. The highest BCUT2D eigenvalue weighted by Crippen LogP contribution is 2.33. The van der Waals surface area contributed by atoms with Gasteiger partial charge in [0, 0.05) is 22.7 Å². The summed E-state index contributed by atoms with van der Waals surface area (Å²) in [4.78, 5) is 19.0. The van der Waals surface area contributed by atoms with Crippen molar-refractivity contribution in [3.63, 3.8) is 0 Å². The molecule has 1 heterocycles.